The zero-order chi connectivity index (χ0) is 45.6. The fourth-order valence-corrected chi connectivity index (χ4v) is 10.5. The van der Waals surface area contributed by atoms with Crippen LogP contribution in [0, 0.1) is 6.92 Å². The number of aromatic nitrogens is 2. The lowest BCUT2D eigenvalue weighted by atomic mass is 9.97. The van der Waals surface area contributed by atoms with Gasteiger partial charge in [-0.25, -0.2) is 0 Å². The summed E-state index contributed by atoms with van der Waals surface area (Å²) in [5.41, 5.74) is 23.2. The predicted octanol–water partition coefficient (Wildman–Crippen LogP) is 18.3. The maximum atomic E-state index is 2.57. The summed E-state index contributed by atoms with van der Waals surface area (Å²) in [4.78, 5) is 1.97. The lowest BCUT2D eigenvalue weighted by Crippen LogP contribution is -2.03. The quantitative estimate of drug-likeness (QED) is 0.120. The lowest BCUT2D eigenvalue weighted by Gasteiger charge is -2.16. The van der Waals surface area contributed by atoms with Crippen molar-refractivity contribution in [3.8, 4) is 55.9 Å². The van der Waals surface area contributed by atoms with E-state index in [9.17, 15) is 0 Å². The summed E-state index contributed by atoms with van der Waals surface area (Å²) in [7, 11) is 0. The van der Waals surface area contributed by atoms with Gasteiger partial charge in [-0.2, -0.15) is 0 Å². The Hall–Kier alpha value is -7.21. The van der Waals surface area contributed by atoms with E-state index in [0.29, 0.717) is 0 Å². The summed E-state index contributed by atoms with van der Waals surface area (Å²) >= 11 is 2.15. The molecule has 13 rings (SSSR count). The van der Waals surface area contributed by atoms with Crippen LogP contribution in [0.4, 0.5) is 0 Å². The van der Waals surface area contributed by atoms with Crippen molar-refractivity contribution in [1.29, 1.82) is 0 Å². The number of rotatable bonds is 5. The second-order valence-corrected chi connectivity index (χ2v) is 17.6. The number of para-hydroxylation sites is 2. The SMILES string of the molecule is C/C=C(\C)c1ccc(C)cc1.C1=Cc2c(n(-c3ccc4c5c(cccc35)-c3cc(-c5ccccc5)ccc3-4)c3ccc(-c4ccc5c(c4)c4ccccc4n5-c4ccccc4)cc23)CC1.CI. The van der Waals surface area contributed by atoms with Crippen molar-refractivity contribution in [3.63, 3.8) is 0 Å². The fraction of sp³-hybridized carbons (Fsp3) is 0.0938. The molecule has 2 aliphatic carbocycles. The molecule has 0 unspecified atom stereocenters. The van der Waals surface area contributed by atoms with Crippen LogP contribution < -0.4 is 0 Å². The van der Waals surface area contributed by atoms with E-state index in [0.717, 1.165) is 12.8 Å². The molecule has 324 valence electrons. The minimum absolute atomic E-state index is 1.02. The topological polar surface area (TPSA) is 9.86 Å². The van der Waals surface area contributed by atoms with Crippen LogP contribution in [0.5, 0.6) is 0 Å². The van der Waals surface area contributed by atoms with Crippen LogP contribution in [0.15, 0.2) is 206 Å². The van der Waals surface area contributed by atoms with Crippen LogP contribution in [0.3, 0.4) is 0 Å². The van der Waals surface area contributed by atoms with Gasteiger partial charge in [-0.15, -0.1) is 0 Å². The number of alkyl halides is 1. The molecule has 2 aliphatic rings. The third-order valence-electron chi connectivity index (χ3n) is 13.9. The highest BCUT2D eigenvalue weighted by atomic mass is 127. The van der Waals surface area contributed by atoms with Crippen LogP contribution >= 0.6 is 22.6 Å². The highest BCUT2D eigenvalue weighted by Crippen LogP contribution is 2.50. The number of benzene rings is 9. The summed E-state index contributed by atoms with van der Waals surface area (Å²) < 4.78 is 4.95. The van der Waals surface area contributed by atoms with E-state index in [4.69, 9.17) is 0 Å². The van der Waals surface area contributed by atoms with Crippen molar-refractivity contribution >= 4 is 77.7 Å². The molecule has 0 atom stereocenters. The minimum Gasteiger partial charge on any atom is -0.312 e. The highest BCUT2D eigenvalue weighted by molar-refractivity contribution is 14.1. The van der Waals surface area contributed by atoms with Gasteiger partial charge in [0.05, 0.1) is 22.2 Å². The average molecular weight is 975 g/mol. The van der Waals surface area contributed by atoms with Gasteiger partial charge in [0, 0.05) is 38.5 Å². The van der Waals surface area contributed by atoms with E-state index < -0.39 is 0 Å². The maximum absolute atomic E-state index is 2.57. The summed E-state index contributed by atoms with van der Waals surface area (Å²) in [5, 5.41) is 6.52. The van der Waals surface area contributed by atoms with Crippen LogP contribution in [0.25, 0.3) is 111 Å². The molecule has 0 aliphatic heterocycles. The Morgan fingerprint density at radius 1 is 0.493 bits per heavy atom. The standard InChI is InChI=1S/C52H34N2.C11H14.CH3I/c1-3-12-33(13-4-1)34-22-25-38-42-26-29-49(43-19-11-18-41(52(42)43)44(38)30-34)54-48-21-10-8-17-40(48)46-32-36(24-28-51(46)54)35-23-27-50-45(31-35)39-16-7-9-20-47(39)53(50)37-14-5-2-6-15-37;1-4-10(3)11-7-5-9(2)6-8-11;1-2/h1-9,11-20,22-32H,10,21H2;4-8H,1-3H3;1H3/b;10-4+;. The first-order valence-corrected chi connectivity index (χ1v) is 25.5. The highest BCUT2D eigenvalue weighted by Gasteiger charge is 2.26. The summed E-state index contributed by atoms with van der Waals surface area (Å²) in [5.74, 6) is 0. The molecule has 0 saturated carbocycles. The molecular formula is C64H51IN2. The van der Waals surface area contributed by atoms with Gasteiger partial charge in [0.15, 0.2) is 0 Å². The molecule has 0 N–H and O–H groups in total. The first kappa shape index (κ1) is 42.4. The predicted molar refractivity (Wildman–Crippen MR) is 298 cm³/mol. The molecule has 67 heavy (non-hydrogen) atoms. The largest absolute Gasteiger partial charge is 0.312 e. The van der Waals surface area contributed by atoms with E-state index in [1.165, 1.54) is 127 Å². The van der Waals surface area contributed by atoms with Crippen LogP contribution in [0.2, 0.25) is 0 Å². The molecule has 0 amide bonds. The average Bonchev–Trinajstić information content (AvgIpc) is 4.03. The lowest BCUT2D eigenvalue weighted by molar-refractivity contribution is 0.892. The van der Waals surface area contributed by atoms with Crippen molar-refractivity contribution in [2.45, 2.75) is 33.6 Å². The zero-order valence-corrected chi connectivity index (χ0v) is 40.6. The van der Waals surface area contributed by atoms with Crippen molar-refractivity contribution < 1.29 is 0 Å². The molecular weight excluding hydrogens is 924 g/mol. The minimum atomic E-state index is 1.02. The van der Waals surface area contributed by atoms with Gasteiger partial charge in [-0.1, -0.05) is 186 Å². The van der Waals surface area contributed by atoms with E-state index in [-0.39, 0.29) is 0 Å². The van der Waals surface area contributed by atoms with Gasteiger partial charge >= 0.3 is 0 Å². The van der Waals surface area contributed by atoms with Gasteiger partial charge in [0.2, 0.25) is 0 Å². The van der Waals surface area contributed by atoms with E-state index >= 15 is 0 Å². The third kappa shape index (κ3) is 7.33. The third-order valence-corrected chi connectivity index (χ3v) is 13.9. The maximum Gasteiger partial charge on any atom is 0.0541 e. The molecule has 2 heterocycles. The summed E-state index contributed by atoms with van der Waals surface area (Å²) in [6.07, 6.45) is 8.90. The number of aryl methyl sites for hydroxylation is 1. The Balaban J connectivity index is 0.000000334. The monoisotopic (exact) mass is 974 g/mol. The molecule has 0 bridgehead atoms. The Bertz CT molecular complexity index is 3710. The normalized spacial score (nSPS) is 12.5. The molecule has 0 spiro atoms. The van der Waals surface area contributed by atoms with Crippen molar-refractivity contribution in [2.24, 2.45) is 0 Å². The summed E-state index contributed by atoms with van der Waals surface area (Å²) in [6.45, 7) is 6.30. The van der Waals surface area contributed by atoms with E-state index in [1.54, 1.807) is 0 Å². The Morgan fingerprint density at radius 3 is 1.87 bits per heavy atom. The van der Waals surface area contributed by atoms with Crippen LogP contribution in [-0.4, -0.2) is 14.1 Å². The second-order valence-electron chi connectivity index (χ2n) is 17.6. The smallest absolute Gasteiger partial charge is 0.0541 e. The molecule has 0 radical (unpaired) electrons. The van der Waals surface area contributed by atoms with Gasteiger partial charge < -0.3 is 9.13 Å². The molecule has 11 aromatic rings. The molecule has 0 saturated heterocycles. The molecule has 0 fully saturated rings. The number of fused-ring (bicyclic) bond motifs is 9. The zero-order valence-electron chi connectivity index (χ0n) is 38.4. The first-order chi connectivity index (χ1) is 33.0. The Kier molecular flexibility index (Phi) is 11.3. The van der Waals surface area contributed by atoms with Gasteiger partial charge in [0.25, 0.3) is 0 Å². The van der Waals surface area contributed by atoms with E-state index in [2.05, 4.69) is 265 Å². The fourth-order valence-electron chi connectivity index (χ4n) is 10.5. The number of allylic oxidation sites excluding steroid dienone is 3. The Morgan fingerprint density at radius 2 is 1.10 bits per heavy atom. The molecule has 2 nitrogen and oxygen atoms in total. The molecule has 2 aromatic heterocycles. The Labute approximate surface area is 407 Å². The number of nitrogens with zero attached hydrogens (tertiary/aromatic N) is 2. The van der Waals surface area contributed by atoms with Crippen molar-refractivity contribution in [1.82, 2.24) is 9.13 Å². The van der Waals surface area contributed by atoms with Crippen molar-refractivity contribution in [2.75, 3.05) is 4.93 Å². The van der Waals surface area contributed by atoms with E-state index in [1.807, 2.05) is 4.93 Å². The van der Waals surface area contributed by atoms with Crippen LogP contribution in [-0.2, 0) is 6.42 Å². The van der Waals surface area contributed by atoms with Gasteiger partial charge in [-0.05, 0) is 154 Å². The number of hydrogen-bond acceptors (Lipinski definition) is 0. The van der Waals surface area contributed by atoms with Gasteiger partial charge in [0.1, 0.15) is 0 Å². The van der Waals surface area contributed by atoms with Crippen LogP contribution in [0.1, 0.15) is 42.7 Å². The van der Waals surface area contributed by atoms with Crippen molar-refractivity contribution in [3.05, 3.63) is 229 Å². The number of hydrogen-bond donors (Lipinski definition) is 0. The second kappa shape index (κ2) is 17.9. The number of halogens is 1. The molecule has 9 aromatic carbocycles. The molecule has 3 heteroatoms. The summed E-state index contributed by atoms with van der Waals surface area (Å²) in [6, 6.07) is 71.5. The van der Waals surface area contributed by atoms with Gasteiger partial charge in [-0.3, -0.25) is 0 Å². The first-order valence-electron chi connectivity index (χ1n) is 23.3.